The van der Waals surface area contributed by atoms with Gasteiger partial charge in [0.15, 0.2) is 0 Å². The highest BCUT2D eigenvalue weighted by Crippen LogP contribution is 2.15. The number of carbonyl (C=O) groups excluding carboxylic acids is 2. The van der Waals surface area contributed by atoms with E-state index in [1.54, 1.807) is 0 Å². The van der Waals surface area contributed by atoms with E-state index in [-0.39, 0.29) is 11.8 Å². The molecule has 2 heterocycles. The third-order valence-electron chi connectivity index (χ3n) is 3.88. The summed E-state index contributed by atoms with van der Waals surface area (Å²) >= 11 is 1.46. The molecule has 0 unspecified atom stereocenters. The largest absolute Gasteiger partial charge is 0.335 e. The van der Waals surface area contributed by atoms with Gasteiger partial charge in [-0.15, -0.1) is 11.3 Å². The van der Waals surface area contributed by atoms with Crippen molar-refractivity contribution in [1.82, 2.24) is 9.80 Å². The van der Waals surface area contributed by atoms with E-state index in [1.807, 2.05) is 58.5 Å². The van der Waals surface area contributed by atoms with Gasteiger partial charge in [-0.3, -0.25) is 9.59 Å². The van der Waals surface area contributed by atoms with Crippen LogP contribution in [0.2, 0.25) is 0 Å². The lowest BCUT2D eigenvalue weighted by Gasteiger charge is -2.34. The number of aryl methyl sites for hydroxylation is 1. The summed E-state index contributed by atoms with van der Waals surface area (Å²) in [6, 6.07) is 11.3. The van der Waals surface area contributed by atoms with E-state index in [9.17, 15) is 9.59 Å². The van der Waals surface area contributed by atoms with Crippen molar-refractivity contribution in [3.63, 3.8) is 0 Å². The summed E-state index contributed by atoms with van der Waals surface area (Å²) in [6.07, 6.45) is 0. The molecule has 1 aromatic heterocycles. The molecule has 22 heavy (non-hydrogen) atoms. The lowest BCUT2D eigenvalue weighted by atomic mass is 10.1. The van der Waals surface area contributed by atoms with Crippen LogP contribution in [-0.2, 0) is 0 Å². The SMILES string of the molecule is Cc1ccc(C(=O)N2CCN(C(=O)c3cccs3)CC2)cc1. The third-order valence-corrected chi connectivity index (χ3v) is 4.74. The van der Waals surface area contributed by atoms with Crippen molar-refractivity contribution in [3.8, 4) is 0 Å². The maximum Gasteiger partial charge on any atom is 0.264 e. The Morgan fingerprint density at radius 3 is 2.05 bits per heavy atom. The van der Waals surface area contributed by atoms with Gasteiger partial charge in [0.1, 0.15) is 0 Å². The third kappa shape index (κ3) is 3.04. The Morgan fingerprint density at radius 2 is 1.50 bits per heavy atom. The lowest BCUT2D eigenvalue weighted by molar-refractivity contribution is 0.0538. The van der Waals surface area contributed by atoms with Crippen molar-refractivity contribution < 1.29 is 9.59 Å². The second-order valence-electron chi connectivity index (χ2n) is 5.43. The normalized spacial score (nSPS) is 15.0. The molecule has 0 atom stereocenters. The first-order chi connectivity index (χ1) is 10.6. The van der Waals surface area contributed by atoms with Gasteiger partial charge in [0.25, 0.3) is 11.8 Å². The van der Waals surface area contributed by atoms with Crippen molar-refractivity contribution in [2.45, 2.75) is 6.92 Å². The van der Waals surface area contributed by atoms with Gasteiger partial charge in [-0.05, 0) is 30.5 Å². The number of thiophene rings is 1. The Morgan fingerprint density at radius 1 is 0.909 bits per heavy atom. The number of carbonyl (C=O) groups is 2. The van der Waals surface area contributed by atoms with Crippen LogP contribution in [0.25, 0.3) is 0 Å². The van der Waals surface area contributed by atoms with Crippen molar-refractivity contribution >= 4 is 23.2 Å². The highest BCUT2D eigenvalue weighted by molar-refractivity contribution is 7.12. The Bertz CT molecular complexity index is 656. The first kappa shape index (κ1) is 14.8. The van der Waals surface area contributed by atoms with Crippen LogP contribution in [0.3, 0.4) is 0 Å². The molecule has 114 valence electrons. The zero-order chi connectivity index (χ0) is 15.5. The molecule has 1 saturated heterocycles. The maximum atomic E-state index is 12.4. The maximum absolute atomic E-state index is 12.4. The van der Waals surface area contributed by atoms with Crippen LogP contribution < -0.4 is 0 Å². The van der Waals surface area contributed by atoms with Gasteiger partial charge < -0.3 is 9.80 Å². The van der Waals surface area contributed by atoms with Crippen LogP contribution in [0, 0.1) is 6.92 Å². The average Bonchev–Trinajstić information content (AvgIpc) is 3.09. The number of rotatable bonds is 2. The molecule has 5 heteroatoms. The average molecular weight is 314 g/mol. The van der Waals surface area contributed by atoms with Crippen LogP contribution in [0.4, 0.5) is 0 Å². The number of benzene rings is 1. The van der Waals surface area contributed by atoms with Crippen molar-refractivity contribution in [3.05, 3.63) is 57.8 Å². The molecule has 0 spiro atoms. The van der Waals surface area contributed by atoms with E-state index in [0.29, 0.717) is 31.7 Å². The Labute approximate surface area is 134 Å². The van der Waals surface area contributed by atoms with Gasteiger partial charge >= 0.3 is 0 Å². The molecule has 2 amide bonds. The van der Waals surface area contributed by atoms with E-state index in [2.05, 4.69) is 0 Å². The monoisotopic (exact) mass is 314 g/mol. The quantitative estimate of drug-likeness (QED) is 0.855. The fourth-order valence-electron chi connectivity index (χ4n) is 2.55. The molecule has 1 aliphatic heterocycles. The smallest absolute Gasteiger partial charge is 0.264 e. The summed E-state index contributed by atoms with van der Waals surface area (Å²) in [4.78, 5) is 29.1. The van der Waals surface area contributed by atoms with Crippen molar-refractivity contribution in [2.75, 3.05) is 26.2 Å². The van der Waals surface area contributed by atoms with Crippen LogP contribution in [0.1, 0.15) is 25.6 Å². The van der Waals surface area contributed by atoms with Gasteiger partial charge in [0, 0.05) is 31.7 Å². The molecule has 0 bridgehead atoms. The summed E-state index contributed by atoms with van der Waals surface area (Å²) in [7, 11) is 0. The minimum atomic E-state index is 0.0447. The zero-order valence-electron chi connectivity index (χ0n) is 12.5. The summed E-state index contributed by atoms with van der Waals surface area (Å²) in [6.45, 7) is 4.36. The molecule has 2 aromatic rings. The molecular formula is C17H18N2O2S. The Hall–Kier alpha value is -2.14. The molecule has 1 fully saturated rings. The number of hydrogen-bond acceptors (Lipinski definition) is 3. The topological polar surface area (TPSA) is 40.6 Å². The standard InChI is InChI=1S/C17H18N2O2S/c1-13-4-6-14(7-5-13)16(20)18-8-10-19(11-9-18)17(21)15-3-2-12-22-15/h2-7,12H,8-11H2,1H3. The minimum absolute atomic E-state index is 0.0447. The second kappa shape index (κ2) is 6.32. The predicted octanol–water partition coefficient (Wildman–Crippen LogP) is 2.65. The van der Waals surface area contributed by atoms with E-state index >= 15 is 0 Å². The fraction of sp³-hybridized carbons (Fsp3) is 0.294. The van der Waals surface area contributed by atoms with Gasteiger partial charge in [-0.25, -0.2) is 0 Å². The summed E-state index contributed by atoms with van der Waals surface area (Å²) in [5.41, 5.74) is 1.85. The van der Waals surface area contributed by atoms with Crippen LogP contribution in [0.5, 0.6) is 0 Å². The fourth-order valence-corrected chi connectivity index (χ4v) is 3.24. The van der Waals surface area contributed by atoms with E-state index in [4.69, 9.17) is 0 Å². The van der Waals surface area contributed by atoms with Crippen LogP contribution >= 0.6 is 11.3 Å². The molecular weight excluding hydrogens is 296 g/mol. The van der Waals surface area contributed by atoms with Gasteiger partial charge in [0.05, 0.1) is 4.88 Å². The van der Waals surface area contributed by atoms with Gasteiger partial charge in [-0.2, -0.15) is 0 Å². The zero-order valence-corrected chi connectivity index (χ0v) is 13.3. The number of piperazine rings is 1. The number of nitrogens with zero attached hydrogens (tertiary/aromatic N) is 2. The number of hydrogen-bond donors (Lipinski definition) is 0. The minimum Gasteiger partial charge on any atom is -0.335 e. The molecule has 1 aliphatic rings. The van der Waals surface area contributed by atoms with Gasteiger partial charge in [0.2, 0.25) is 0 Å². The van der Waals surface area contributed by atoms with E-state index in [1.165, 1.54) is 11.3 Å². The van der Waals surface area contributed by atoms with E-state index in [0.717, 1.165) is 10.4 Å². The molecule has 0 aliphatic carbocycles. The Balaban J connectivity index is 1.60. The summed E-state index contributed by atoms with van der Waals surface area (Å²) < 4.78 is 0. The lowest BCUT2D eigenvalue weighted by Crippen LogP contribution is -2.50. The molecule has 0 saturated carbocycles. The molecule has 0 radical (unpaired) electrons. The van der Waals surface area contributed by atoms with Gasteiger partial charge in [-0.1, -0.05) is 23.8 Å². The molecule has 4 nitrogen and oxygen atoms in total. The molecule has 0 N–H and O–H groups in total. The summed E-state index contributed by atoms with van der Waals surface area (Å²) in [5.74, 6) is 0.112. The van der Waals surface area contributed by atoms with Crippen LogP contribution in [-0.4, -0.2) is 47.8 Å². The number of amides is 2. The van der Waals surface area contributed by atoms with E-state index < -0.39 is 0 Å². The van der Waals surface area contributed by atoms with Crippen LogP contribution in [0.15, 0.2) is 41.8 Å². The van der Waals surface area contributed by atoms with Crippen molar-refractivity contribution in [2.24, 2.45) is 0 Å². The molecule has 1 aromatic carbocycles. The highest BCUT2D eigenvalue weighted by Gasteiger charge is 2.25. The second-order valence-corrected chi connectivity index (χ2v) is 6.38. The summed E-state index contributed by atoms with van der Waals surface area (Å²) in [5, 5.41) is 1.91. The highest BCUT2D eigenvalue weighted by atomic mass is 32.1. The first-order valence-corrected chi connectivity index (χ1v) is 8.22. The Kier molecular flexibility index (Phi) is 4.24. The predicted molar refractivity (Wildman–Crippen MR) is 87.3 cm³/mol. The molecule has 3 rings (SSSR count). The van der Waals surface area contributed by atoms with Crippen molar-refractivity contribution in [1.29, 1.82) is 0 Å². The first-order valence-electron chi connectivity index (χ1n) is 7.34.